The summed E-state index contributed by atoms with van der Waals surface area (Å²) in [4.78, 5) is 14.7. The molecular weight excluding hydrogens is 246 g/mol. The Hall–Kier alpha value is -1.42. The van der Waals surface area contributed by atoms with Gasteiger partial charge in [0.1, 0.15) is 0 Å². The average Bonchev–Trinajstić information content (AvgIpc) is 2.79. The van der Waals surface area contributed by atoms with Crippen LogP contribution in [0.1, 0.15) is 19.8 Å². The van der Waals surface area contributed by atoms with Gasteiger partial charge in [0.15, 0.2) is 0 Å². The van der Waals surface area contributed by atoms with E-state index in [4.69, 9.17) is 4.74 Å². The van der Waals surface area contributed by atoms with Crippen LogP contribution in [-0.4, -0.2) is 23.3 Å². The highest BCUT2D eigenvalue weighted by Crippen LogP contribution is 2.23. The van der Waals surface area contributed by atoms with E-state index in [1.807, 2.05) is 18.2 Å². The van der Waals surface area contributed by atoms with E-state index in [2.05, 4.69) is 24.0 Å². The predicted molar refractivity (Wildman–Crippen MR) is 74.9 cm³/mol. The molecule has 0 fully saturated rings. The van der Waals surface area contributed by atoms with Crippen LogP contribution in [0.4, 0.5) is 0 Å². The maximum absolute atomic E-state index is 11.4. The van der Waals surface area contributed by atoms with Crippen molar-refractivity contribution in [3.8, 4) is 0 Å². The van der Waals surface area contributed by atoms with E-state index in [0.29, 0.717) is 12.4 Å². The Morgan fingerprint density at radius 1 is 1.39 bits per heavy atom. The van der Waals surface area contributed by atoms with E-state index in [1.165, 1.54) is 17.1 Å². The Balaban J connectivity index is 1.84. The molecule has 0 bridgehead atoms. The van der Waals surface area contributed by atoms with E-state index in [0.717, 1.165) is 23.4 Å². The van der Waals surface area contributed by atoms with Gasteiger partial charge in [-0.05, 0) is 18.6 Å². The summed E-state index contributed by atoms with van der Waals surface area (Å²) in [6.45, 7) is 2.61. The van der Waals surface area contributed by atoms with Crippen molar-refractivity contribution in [3.05, 3.63) is 30.3 Å². The zero-order valence-corrected chi connectivity index (χ0v) is 11.3. The van der Waals surface area contributed by atoms with Crippen molar-refractivity contribution in [2.24, 2.45) is 0 Å². The molecule has 0 atom stereocenters. The van der Waals surface area contributed by atoms with Gasteiger partial charge in [-0.1, -0.05) is 43.3 Å². The molecule has 0 saturated carbocycles. The lowest BCUT2D eigenvalue weighted by molar-refractivity contribution is -0.140. The Bertz CT molecular complexity index is 488. The molecule has 3 nitrogen and oxygen atoms in total. The summed E-state index contributed by atoms with van der Waals surface area (Å²) in [6, 6.07) is 10.1. The van der Waals surface area contributed by atoms with Crippen LogP contribution in [0, 0.1) is 0 Å². The maximum atomic E-state index is 11.4. The van der Waals surface area contributed by atoms with E-state index < -0.39 is 0 Å². The number of ether oxygens (including phenoxy) is 1. The summed E-state index contributed by atoms with van der Waals surface area (Å²) in [6.07, 6.45) is 1.98. The normalized spacial score (nSPS) is 10.7. The number of rotatable bonds is 6. The molecule has 1 aromatic carbocycles. The van der Waals surface area contributed by atoms with E-state index in [-0.39, 0.29) is 5.97 Å². The molecule has 0 saturated heterocycles. The molecule has 1 heterocycles. The van der Waals surface area contributed by atoms with Gasteiger partial charge in [0.25, 0.3) is 0 Å². The standard InChI is InChI=1S/C14H17NO2S/c1-2-3-8-17-14(16)10-18-13-9-11-6-4-5-7-12(11)15-13/h4-7,9,15H,2-3,8,10H2,1H3. The highest BCUT2D eigenvalue weighted by molar-refractivity contribution is 7.99. The molecule has 0 aliphatic heterocycles. The first kappa shape index (κ1) is 13.0. The van der Waals surface area contributed by atoms with Gasteiger partial charge in [-0.3, -0.25) is 4.79 Å². The number of aromatic nitrogens is 1. The first-order valence-corrected chi connectivity index (χ1v) is 7.14. The molecule has 4 heteroatoms. The zero-order chi connectivity index (χ0) is 12.8. The van der Waals surface area contributed by atoms with Crippen LogP contribution in [0.15, 0.2) is 35.4 Å². The molecule has 2 rings (SSSR count). The number of nitrogens with one attached hydrogen (secondary N) is 1. The Morgan fingerprint density at radius 2 is 2.22 bits per heavy atom. The minimum absolute atomic E-state index is 0.146. The molecule has 0 unspecified atom stereocenters. The number of unbranched alkanes of at least 4 members (excludes halogenated alkanes) is 1. The quantitative estimate of drug-likeness (QED) is 0.492. The lowest BCUT2D eigenvalue weighted by atomic mass is 10.3. The summed E-state index contributed by atoms with van der Waals surface area (Å²) in [5.41, 5.74) is 1.10. The number of aromatic amines is 1. The summed E-state index contributed by atoms with van der Waals surface area (Å²) in [5, 5.41) is 2.17. The van der Waals surface area contributed by atoms with Crippen LogP contribution in [0.2, 0.25) is 0 Å². The van der Waals surface area contributed by atoms with Crippen LogP contribution in [0.3, 0.4) is 0 Å². The molecule has 1 N–H and O–H groups in total. The zero-order valence-electron chi connectivity index (χ0n) is 10.4. The van der Waals surface area contributed by atoms with E-state index in [1.54, 1.807) is 0 Å². The fraction of sp³-hybridized carbons (Fsp3) is 0.357. The maximum Gasteiger partial charge on any atom is 0.316 e. The van der Waals surface area contributed by atoms with E-state index >= 15 is 0 Å². The Kier molecular flexibility index (Phi) is 4.70. The van der Waals surface area contributed by atoms with Crippen molar-refractivity contribution in [1.82, 2.24) is 4.98 Å². The van der Waals surface area contributed by atoms with Crippen molar-refractivity contribution in [2.45, 2.75) is 24.8 Å². The summed E-state index contributed by atoms with van der Waals surface area (Å²) in [5.74, 6) is 0.211. The van der Waals surface area contributed by atoms with Gasteiger partial charge < -0.3 is 9.72 Å². The van der Waals surface area contributed by atoms with Gasteiger partial charge in [-0.2, -0.15) is 0 Å². The van der Waals surface area contributed by atoms with Gasteiger partial charge in [-0.25, -0.2) is 0 Å². The molecule has 18 heavy (non-hydrogen) atoms. The van der Waals surface area contributed by atoms with Crippen molar-refractivity contribution in [1.29, 1.82) is 0 Å². The lowest BCUT2D eigenvalue weighted by Gasteiger charge is -2.02. The molecule has 0 amide bonds. The number of H-pyrrole nitrogens is 1. The van der Waals surface area contributed by atoms with E-state index in [9.17, 15) is 4.79 Å². The smallest absolute Gasteiger partial charge is 0.316 e. The number of hydrogen-bond acceptors (Lipinski definition) is 3. The van der Waals surface area contributed by atoms with Crippen LogP contribution in [0.25, 0.3) is 10.9 Å². The molecule has 0 aliphatic carbocycles. The van der Waals surface area contributed by atoms with Crippen LogP contribution in [0.5, 0.6) is 0 Å². The molecule has 96 valence electrons. The number of esters is 1. The number of hydrogen-bond donors (Lipinski definition) is 1. The number of benzene rings is 1. The van der Waals surface area contributed by atoms with Crippen molar-refractivity contribution < 1.29 is 9.53 Å². The van der Waals surface area contributed by atoms with Crippen molar-refractivity contribution in [2.75, 3.05) is 12.4 Å². The number of para-hydroxylation sites is 1. The third-order valence-electron chi connectivity index (χ3n) is 2.61. The molecule has 2 aromatic rings. The second kappa shape index (κ2) is 6.50. The summed E-state index contributed by atoms with van der Waals surface area (Å²) >= 11 is 1.48. The van der Waals surface area contributed by atoms with Crippen molar-refractivity contribution in [3.63, 3.8) is 0 Å². The third kappa shape index (κ3) is 3.53. The van der Waals surface area contributed by atoms with Crippen molar-refractivity contribution >= 4 is 28.6 Å². The predicted octanol–water partition coefficient (Wildman–Crippen LogP) is 3.60. The van der Waals surface area contributed by atoms with Gasteiger partial charge in [0, 0.05) is 10.9 Å². The second-order valence-electron chi connectivity index (χ2n) is 4.08. The van der Waals surface area contributed by atoms with Gasteiger partial charge in [0.05, 0.1) is 17.4 Å². The first-order chi connectivity index (χ1) is 8.79. The largest absolute Gasteiger partial charge is 0.465 e. The number of carbonyl (C=O) groups is 1. The molecule has 1 aromatic heterocycles. The molecule has 0 radical (unpaired) electrons. The second-order valence-corrected chi connectivity index (χ2v) is 5.10. The monoisotopic (exact) mass is 263 g/mol. The first-order valence-electron chi connectivity index (χ1n) is 6.16. The number of thioether (sulfide) groups is 1. The number of carbonyl (C=O) groups excluding carboxylic acids is 1. The highest BCUT2D eigenvalue weighted by atomic mass is 32.2. The summed E-state index contributed by atoms with van der Waals surface area (Å²) in [7, 11) is 0. The van der Waals surface area contributed by atoms with Gasteiger partial charge in [0.2, 0.25) is 0 Å². The topological polar surface area (TPSA) is 42.1 Å². The van der Waals surface area contributed by atoms with Crippen LogP contribution in [-0.2, 0) is 9.53 Å². The highest BCUT2D eigenvalue weighted by Gasteiger charge is 2.06. The summed E-state index contributed by atoms with van der Waals surface area (Å²) < 4.78 is 5.10. The fourth-order valence-electron chi connectivity index (χ4n) is 1.63. The lowest BCUT2D eigenvalue weighted by Crippen LogP contribution is -2.08. The third-order valence-corrected chi connectivity index (χ3v) is 3.52. The van der Waals surface area contributed by atoms with Gasteiger partial charge >= 0.3 is 5.97 Å². The van der Waals surface area contributed by atoms with Gasteiger partial charge in [-0.15, -0.1) is 0 Å². The fourth-order valence-corrected chi connectivity index (χ4v) is 2.38. The molecule has 0 aliphatic rings. The SMILES string of the molecule is CCCCOC(=O)CSc1cc2ccccc2[nH]1. The molecular formula is C14H17NO2S. The number of fused-ring (bicyclic) bond motifs is 1. The Labute approximate surface area is 111 Å². The minimum atomic E-state index is -0.146. The Morgan fingerprint density at radius 3 is 3.00 bits per heavy atom. The van der Waals surface area contributed by atoms with Crippen LogP contribution < -0.4 is 0 Å². The minimum Gasteiger partial charge on any atom is -0.465 e. The average molecular weight is 263 g/mol. The molecule has 0 spiro atoms. The van der Waals surface area contributed by atoms with Crippen LogP contribution >= 0.6 is 11.8 Å².